The summed E-state index contributed by atoms with van der Waals surface area (Å²) in [4.78, 5) is 0. The van der Waals surface area contributed by atoms with Crippen molar-refractivity contribution in [3.05, 3.63) is 14.9 Å². The van der Waals surface area contributed by atoms with Crippen molar-refractivity contribution in [2.45, 2.75) is 0 Å². The second kappa shape index (κ2) is 3.35. The van der Waals surface area contributed by atoms with Crippen LogP contribution >= 0.6 is 0 Å². The summed E-state index contributed by atoms with van der Waals surface area (Å²) in [5.41, 5.74) is 0. The van der Waals surface area contributed by atoms with Gasteiger partial charge in [-0.15, -0.1) is 0 Å². The molecule has 0 atom stereocenters. The Morgan fingerprint density at radius 3 is 0.917 bits per heavy atom. The average molecular weight is 172 g/mol. The number of fused-ring (bicyclic) bond motifs is 3. The minimum atomic E-state index is 0. The molecule has 0 saturated carbocycles. The topological polar surface area (TPSA) is 0 Å². The predicted octanol–water partition coefficient (Wildman–Crippen LogP) is 0.807. The number of quaternary nitrogens is 2. The van der Waals surface area contributed by atoms with Gasteiger partial charge in [0.1, 0.15) is 39.3 Å². The van der Waals surface area contributed by atoms with Crippen LogP contribution in [0.25, 0.3) is 0 Å². The van der Waals surface area contributed by atoms with Crippen molar-refractivity contribution >= 4 is 0 Å². The van der Waals surface area contributed by atoms with E-state index in [4.69, 9.17) is 0 Å². The van der Waals surface area contributed by atoms with Gasteiger partial charge in [0.25, 0.3) is 0 Å². The van der Waals surface area contributed by atoms with Gasteiger partial charge in [-0.1, -0.05) is 0 Å². The molecule has 3 aliphatic heterocycles. The maximum atomic E-state index is 2.41. The van der Waals surface area contributed by atoms with Crippen LogP contribution in [-0.2, 0) is 0 Å². The Kier molecular flexibility index (Phi) is 3.32. The fourth-order valence-electron chi connectivity index (χ4n) is 2.12. The van der Waals surface area contributed by atoms with E-state index in [1.54, 1.807) is 0 Å². The van der Waals surface area contributed by atoms with Crippen molar-refractivity contribution in [1.29, 1.82) is 0 Å². The van der Waals surface area contributed by atoms with Crippen molar-refractivity contribution < 1.29 is 8.97 Å². The first-order valence-electron chi connectivity index (χ1n) is 4.29. The number of likely N-dealkylation sites (N-methyl/N-ethyl adjacent to an activating group) is 2. The molecule has 0 aliphatic carbocycles. The summed E-state index contributed by atoms with van der Waals surface area (Å²) in [5.74, 6) is 0. The molecule has 0 radical (unpaired) electrons. The molecule has 3 rings (SSSR count). The summed E-state index contributed by atoms with van der Waals surface area (Å²) in [7, 11) is 4.81. The van der Waals surface area contributed by atoms with Gasteiger partial charge in [-0.2, -0.15) is 0 Å². The highest BCUT2D eigenvalue weighted by molar-refractivity contribution is 4.56. The standard InChI is InChI=1S/C8H18N2.2CH3/c1-9-3-6-10(2,7-4-9)8-5-9;;/h3-8H2,1-2H3;2*1H3/q+2;2*-1. The fraction of sp³-hybridized carbons (Fsp3) is 0.800. The molecule has 3 aliphatic rings. The zero-order valence-corrected chi connectivity index (χ0v) is 9.14. The molecule has 0 unspecified atom stereocenters. The molecule has 2 heteroatoms. The Morgan fingerprint density at radius 1 is 0.583 bits per heavy atom. The maximum absolute atomic E-state index is 2.41. The number of piperazine rings is 3. The highest BCUT2D eigenvalue weighted by Gasteiger charge is 2.43. The predicted molar refractivity (Wildman–Crippen MR) is 54.4 cm³/mol. The van der Waals surface area contributed by atoms with E-state index in [9.17, 15) is 0 Å². The number of hydrogen-bond acceptors (Lipinski definition) is 0. The first-order chi connectivity index (χ1) is 4.62. The summed E-state index contributed by atoms with van der Waals surface area (Å²) in [6.45, 7) is 8.48. The van der Waals surface area contributed by atoms with Crippen molar-refractivity contribution in [3.63, 3.8) is 0 Å². The van der Waals surface area contributed by atoms with Gasteiger partial charge in [0, 0.05) is 0 Å². The van der Waals surface area contributed by atoms with E-state index in [0.29, 0.717) is 0 Å². The normalized spacial score (nSPS) is 44.5. The highest BCUT2D eigenvalue weighted by Crippen LogP contribution is 2.21. The maximum Gasteiger partial charge on any atom is 0.129 e. The first-order valence-corrected chi connectivity index (χ1v) is 4.29. The fourth-order valence-corrected chi connectivity index (χ4v) is 2.12. The zero-order valence-electron chi connectivity index (χ0n) is 9.14. The summed E-state index contributed by atoms with van der Waals surface area (Å²) in [6.07, 6.45) is 0. The molecule has 12 heavy (non-hydrogen) atoms. The monoisotopic (exact) mass is 172 g/mol. The summed E-state index contributed by atoms with van der Waals surface area (Å²) in [6, 6.07) is 0. The molecule has 2 bridgehead atoms. The van der Waals surface area contributed by atoms with E-state index in [1.165, 1.54) is 48.2 Å². The third-order valence-electron chi connectivity index (χ3n) is 3.54. The second-order valence-corrected chi connectivity index (χ2v) is 4.58. The quantitative estimate of drug-likeness (QED) is 0.375. The summed E-state index contributed by atoms with van der Waals surface area (Å²) in [5, 5.41) is 0. The van der Waals surface area contributed by atoms with E-state index < -0.39 is 0 Å². The van der Waals surface area contributed by atoms with Crippen LogP contribution in [0.15, 0.2) is 0 Å². The van der Waals surface area contributed by atoms with Crippen molar-refractivity contribution in [2.24, 2.45) is 0 Å². The van der Waals surface area contributed by atoms with Crippen LogP contribution in [0, 0.1) is 14.9 Å². The minimum Gasteiger partial charge on any atom is -0.358 e. The van der Waals surface area contributed by atoms with Crippen molar-refractivity contribution in [2.75, 3.05) is 53.4 Å². The minimum absolute atomic E-state index is 0. The van der Waals surface area contributed by atoms with Crippen LogP contribution in [0.2, 0.25) is 0 Å². The molecule has 0 N–H and O–H groups in total. The van der Waals surface area contributed by atoms with Crippen molar-refractivity contribution in [3.8, 4) is 0 Å². The molecule has 0 aromatic heterocycles. The molecule has 0 amide bonds. The van der Waals surface area contributed by atoms with Gasteiger partial charge in [0.2, 0.25) is 0 Å². The molecule has 3 saturated heterocycles. The Morgan fingerprint density at radius 2 is 0.750 bits per heavy atom. The Bertz CT molecular complexity index is 111. The van der Waals surface area contributed by atoms with Crippen LogP contribution in [0.4, 0.5) is 0 Å². The van der Waals surface area contributed by atoms with Gasteiger partial charge in [0.15, 0.2) is 0 Å². The summed E-state index contributed by atoms with van der Waals surface area (Å²) < 4.78 is 2.71. The average Bonchev–Trinajstić information content (AvgIpc) is 1.93. The van der Waals surface area contributed by atoms with Crippen LogP contribution in [0.5, 0.6) is 0 Å². The molecule has 2 nitrogen and oxygen atoms in total. The second-order valence-electron chi connectivity index (χ2n) is 4.58. The molecule has 3 fully saturated rings. The Balaban J connectivity index is 0.000000605. The van der Waals surface area contributed by atoms with E-state index in [0.717, 1.165) is 0 Å². The van der Waals surface area contributed by atoms with Crippen molar-refractivity contribution in [1.82, 2.24) is 0 Å². The Hall–Kier alpha value is -0.0800. The number of rotatable bonds is 0. The number of nitrogens with zero attached hydrogens (tertiary/aromatic N) is 2. The highest BCUT2D eigenvalue weighted by atomic mass is 15.5. The van der Waals surface area contributed by atoms with Gasteiger partial charge in [-0.3, -0.25) is 0 Å². The lowest BCUT2D eigenvalue weighted by atomic mass is 10.1. The lowest BCUT2D eigenvalue weighted by Gasteiger charge is -2.52. The van der Waals surface area contributed by atoms with E-state index in [1.807, 2.05) is 0 Å². The molecule has 0 aromatic carbocycles. The molecular formula is C10H24N2. The molecule has 3 heterocycles. The van der Waals surface area contributed by atoms with Crippen LogP contribution in [-0.4, -0.2) is 62.3 Å². The SMILES string of the molecule is C[N+]12CC[N+](C)(CC1)CC2.[CH3-].[CH3-]. The third-order valence-corrected chi connectivity index (χ3v) is 3.54. The third kappa shape index (κ3) is 1.80. The molecule has 0 aromatic rings. The van der Waals surface area contributed by atoms with E-state index in [-0.39, 0.29) is 14.9 Å². The van der Waals surface area contributed by atoms with Gasteiger partial charge < -0.3 is 23.8 Å². The van der Waals surface area contributed by atoms with Crippen LogP contribution in [0.1, 0.15) is 0 Å². The van der Waals surface area contributed by atoms with E-state index >= 15 is 0 Å². The molecule has 0 spiro atoms. The van der Waals surface area contributed by atoms with Gasteiger partial charge in [0.05, 0.1) is 14.1 Å². The number of hydrogen-bond donors (Lipinski definition) is 0. The largest absolute Gasteiger partial charge is 0.358 e. The van der Waals surface area contributed by atoms with Gasteiger partial charge >= 0.3 is 0 Å². The summed E-state index contributed by atoms with van der Waals surface area (Å²) >= 11 is 0. The van der Waals surface area contributed by atoms with E-state index in [2.05, 4.69) is 14.1 Å². The van der Waals surface area contributed by atoms with Crippen LogP contribution in [0.3, 0.4) is 0 Å². The van der Waals surface area contributed by atoms with Gasteiger partial charge in [-0.05, 0) is 0 Å². The zero-order chi connectivity index (χ0) is 7.24. The molecular weight excluding hydrogens is 148 g/mol. The lowest BCUT2D eigenvalue weighted by molar-refractivity contribution is -1.06. The smallest absolute Gasteiger partial charge is 0.129 e. The first kappa shape index (κ1) is 11.9. The Labute approximate surface area is 78.0 Å². The molecule has 74 valence electrons. The van der Waals surface area contributed by atoms with Gasteiger partial charge in [-0.25, -0.2) is 0 Å². The lowest BCUT2D eigenvalue weighted by Crippen LogP contribution is -2.72. The van der Waals surface area contributed by atoms with Crippen LogP contribution < -0.4 is 0 Å².